The van der Waals surface area contributed by atoms with Gasteiger partial charge < -0.3 is 10.6 Å². The molecular weight excluding hydrogens is 417 g/mol. The molecule has 3 unspecified atom stereocenters. The Kier molecular flexibility index (Phi) is 9.93. The van der Waals surface area contributed by atoms with Crippen molar-refractivity contribution in [2.45, 2.75) is 58.0 Å². The van der Waals surface area contributed by atoms with Crippen LogP contribution in [0.4, 0.5) is 0 Å². The Morgan fingerprint density at radius 3 is 2.40 bits per heavy atom. The van der Waals surface area contributed by atoms with E-state index in [1.54, 1.807) is 0 Å². The number of rotatable bonds is 6. The van der Waals surface area contributed by atoms with Gasteiger partial charge in [-0.25, -0.2) is 0 Å². The molecule has 2 saturated carbocycles. The van der Waals surface area contributed by atoms with E-state index in [1.807, 2.05) is 0 Å². The minimum Gasteiger partial charge on any atom is -0.342 e. The molecule has 1 aromatic rings. The summed E-state index contributed by atoms with van der Waals surface area (Å²) in [6, 6.07) is 11.1. The SMILES string of the molecule is CCN(CC1CCN(Cc2ccccc2)C1)C(=O)C1CC2CCCC(C1)C2N.Cl.Cl. The molecule has 2 bridgehead atoms. The number of carbonyl (C=O) groups excluding carboxylic acids is 1. The Morgan fingerprint density at radius 2 is 1.77 bits per heavy atom. The molecule has 3 atom stereocenters. The molecule has 170 valence electrons. The molecule has 2 aliphatic carbocycles. The number of amides is 1. The van der Waals surface area contributed by atoms with Crippen molar-refractivity contribution in [1.29, 1.82) is 0 Å². The monoisotopic (exact) mass is 455 g/mol. The Bertz CT molecular complexity index is 645. The van der Waals surface area contributed by atoms with E-state index in [2.05, 4.69) is 47.1 Å². The van der Waals surface area contributed by atoms with Crippen LogP contribution in [0.25, 0.3) is 0 Å². The molecule has 2 N–H and O–H groups in total. The van der Waals surface area contributed by atoms with Crippen molar-refractivity contribution in [3.8, 4) is 0 Å². The van der Waals surface area contributed by atoms with Gasteiger partial charge in [-0.3, -0.25) is 9.69 Å². The van der Waals surface area contributed by atoms with Gasteiger partial charge in [-0.15, -0.1) is 24.8 Å². The third-order valence-electron chi connectivity index (χ3n) is 7.55. The third-order valence-corrected chi connectivity index (χ3v) is 7.55. The van der Waals surface area contributed by atoms with E-state index >= 15 is 0 Å². The Labute approximate surface area is 194 Å². The second-order valence-electron chi connectivity index (χ2n) is 9.45. The minimum atomic E-state index is 0. The minimum absolute atomic E-state index is 0. The fraction of sp³-hybridized carbons (Fsp3) is 0.708. The first-order chi connectivity index (χ1) is 13.6. The zero-order chi connectivity index (χ0) is 19.5. The van der Waals surface area contributed by atoms with E-state index in [1.165, 1.54) is 31.2 Å². The van der Waals surface area contributed by atoms with Gasteiger partial charge in [-0.1, -0.05) is 36.8 Å². The lowest BCUT2D eigenvalue weighted by Crippen LogP contribution is -2.50. The van der Waals surface area contributed by atoms with E-state index in [0.717, 1.165) is 45.6 Å². The van der Waals surface area contributed by atoms with Crippen LogP contribution in [0, 0.1) is 23.7 Å². The quantitative estimate of drug-likeness (QED) is 0.692. The smallest absolute Gasteiger partial charge is 0.225 e. The highest BCUT2D eigenvalue weighted by Gasteiger charge is 2.41. The fourth-order valence-electron chi connectivity index (χ4n) is 5.98. The normalized spacial score (nSPS) is 30.8. The first-order valence-corrected chi connectivity index (χ1v) is 11.4. The van der Waals surface area contributed by atoms with Crippen LogP contribution in [0.15, 0.2) is 30.3 Å². The third kappa shape index (κ3) is 5.91. The number of likely N-dealkylation sites (tertiary alicyclic amines) is 1. The Balaban J connectivity index is 0.00000160. The van der Waals surface area contributed by atoms with Crippen molar-refractivity contribution in [3.05, 3.63) is 35.9 Å². The molecule has 6 heteroatoms. The number of fused-ring (bicyclic) bond motifs is 2. The van der Waals surface area contributed by atoms with Crippen LogP contribution < -0.4 is 5.73 Å². The molecule has 30 heavy (non-hydrogen) atoms. The maximum atomic E-state index is 13.3. The highest BCUT2D eigenvalue weighted by Crippen LogP contribution is 2.42. The van der Waals surface area contributed by atoms with Crippen LogP contribution in [-0.2, 0) is 11.3 Å². The van der Waals surface area contributed by atoms with Crippen molar-refractivity contribution in [3.63, 3.8) is 0 Å². The molecule has 4 rings (SSSR count). The average molecular weight is 457 g/mol. The zero-order valence-electron chi connectivity index (χ0n) is 18.2. The molecule has 1 saturated heterocycles. The predicted octanol–water partition coefficient (Wildman–Crippen LogP) is 4.35. The van der Waals surface area contributed by atoms with E-state index in [-0.39, 0.29) is 30.7 Å². The van der Waals surface area contributed by atoms with Crippen LogP contribution in [0.5, 0.6) is 0 Å². The average Bonchev–Trinajstić information content (AvgIpc) is 3.13. The molecule has 4 nitrogen and oxygen atoms in total. The van der Waals surface area contributed by atoms with Crippen LogP contribution >= 0.6 is 24.8 Å². The lowest BCUT2D eigenvalue weighted by atomic mass is 9.65. The molecule has 1 heterocycles. The summed E-state index contributed by atoms with van der Waals surface area (Å²) >= 11 is 0. The van der Waals surface area contributed by atoms with Crippen LogP contribution in [0.3, 0.4) is 0 Å². The summed E-state index contributed by atoms with van der Waals surface area (Å²) in [4.78, 5) is 18.0. The molecule has 3 fully saturated rings. The maximum Gasteiger partial charge on any atom is 0.225 e. The summed E-state index contributed by atoms with van der Waals surface area (Å²) in [6.07, 6.45) is 7.02. The lowest BCUT2D eigenvalue weighted by Gasteiger charge is -2.44. The summed E-state index contributed by atoms with van der Waals surface area (Å²) in [5.41, 5.74) is 7.82. The van der Waals surface area contributed by atoms with Crippen molar-refractivity contribution in [2.75, 3.05) is 26.2 Å². The van der Waals surface area contributed by atoms with Gasteiger partial charge >= 0.3 is 0 Å². The Hall–Kier alpha value is -0.810. The van der Waals surface area contributed by atoms with E-state index in [4.69, 9.17) is 5.73 Å². The second kappa shape index (κ2) is 11.7. The zero-order valence-corrected chi connectivity index (χ0v) is 19.9. The molecule has 0 aromatic heterocycles. The molecule has 0 radical (unpaired) electrons. The topological polar surface area (TPSA) is 49.6 Å². The highest BCUT2D eigenvalue weighted by molar-refractivity contribution is 5.85. The number of halogens is 2. The van der Waals surface area contributed by atoms with Gasteiger partial charge in [0.2, 0.25) is 5.91 Å². The highest BCUT2D eigenvalue weighted by atomic mass is 35.5. The first-order valence-electron chi connectivity index (χ1n) is 11.4. The van der Waals surface area contributed by atoms with Gasteiger partial charge in [0.1, 0.15) is 0 Å². The van der Waals surface area contributed by atoms with Crippen LogP contribution in [0.2, 0.25) is 0 Å². The summed E-state index contributed by atoms with van der Waals surface area (Å²) in [6.45, 7) is 7.20. The molecule has 0 spiro atoms. The molecule has 1 aliphatic heterocycles. The van der Waals surface area contributed by atoms with Crippen molar-refractivity contribution in [2.24, 2.45) is 29.4 Å². The number of nitrogens with two attached hydrogens (primary N) is 1. The fourth-order valence-corrected chi connectivity index (χ4v) is 5.98. The number of benzene rings is 1. The summed E-state index contributed by atoms with van der Waals surface area (Å²) in [7, 11) is 0. The van der Waals surface area contributed by atoms with E-state index in [0.29, 0.717) is 29.7 Å². The largest absolute Gasteiger partial charge is 0.342 e. The van der Waals surface area contributed by atoms with E-state index < -0.39 is 0 Å². The van der Waals surface area contributed by atoms with Gasteiger partial charge in [-0.2, -0.15) is 0 Å². The van der Waals surface area contributed by atoms with Gasteiger partial charge in [-0.05, 0) is 68.9 Å². The predicted molar refractivity (Wildman–Crippen MR) is 128 cm³/mol. The van der Waals surface area contributed by atoms with Crippen LogP contribution in [0.1, 0.15) is 51.0 Å². The van der Waals surface area contributed by atoms with Gasteiger partial charge in [0, 0.05) is 38.1 Å². The number of hydrogen-bond donors (Lipinski definition) is 1. The number of hydrogen-bond acceptors (Lipinski definition) is 3. The standard InChI is InChI=1S/C24H37N3O.2ClH/c1-2-27(24(28)22-13-20-9-6-10-21(14-22)23(20)25)17-19-11-12-26(16-19)15-18-7-4-3-5-8-18;;/h3-5,7-8,19-23H,2,6,9-17,25H2,1H3;2*1H. The number of nitrogens with zero attached hydrogens (tertiary/aromatic N) is 2. The van der Waals surface area contributed by atoms with Gasteiger partial charge in [0.25, 0.3) is 0 Å². The number of carbonyl (C=O) groups is 1. The van der Waals surface area contributed by atoms with E-state index in [9.17, 15) is 4.79 Å². The van der Waals surface area contributed by atoms with Gasteiger partial charge in [0.05, 0.1) is 0 Å². The lowest BCUT2D eigenvalue weighted by molar-refractivity contribution is -0.139. The van der Waals surface area contributed by atoms with Crippen molar-refractivity contribution in [1.82, 2.24) is 9.80 Å². The maximum absolute atomic E-state index is 13.3. The molecule has 1 amide bonds. The molecule has 1 aromatic carbocycles. The summed E-state index contributed by atoms with van der Waals surface area (Å²) < 4.78 is 0. The van der Waals surface area contributed by atoms with Crippen LogP contribution in [-0.4, -0.2) is 47.9 Å². The Morgan fingerprint density at radius 1 is 1.10 bits per heavy atom. The molecule has 3 aliphatic rings. The molecular formula is C24H39Cl2N3O. The summed E-state index contributed by atoms with van der Waals surface area (Å²) in [5.74, 6) is 2.39. The van der Waals surface area contributed by atoms with Crippen molar-refractivity contribution < 1.29 is 4.79 Å². The summed E-state index contributed by atoms with van der Waals surface area (Å²) in [5, 5.41) is 0. The second-order valence-corrected chi connectivity index (χ2v) is 9.45. The first kappa shape index (κ1) is 25.5. The van der Waals surface area contributed by atoms with Gasteiger partial charge in [0.15, 0.2) is 0 Å². The van der Waals surface area contributed by atoms with Crippen molar-refractivity contribution >= 4 is 30.7 Å².